The van der Waals surface area contributed by atoms with Crippen molar-refractivity contribution in [2.24, 2.45) is 10.9 Å². The molecule has 0 aromatic heterocycles. The predicted molar refractivity (Wildman–Crippen MR) is 79.6 cm³/mol. The molecule has 0 unspecified atom stereocenters. The number of nitrogens with two attached hydrogens (primary N) is 2. The fourth-order valence-corrected chi connectivity index (χ4v) is 2.60. The summed E-state index contributed by atoms with van der Waals surface area (Å²) < 4.78 is 27.7. The van der Waals surface area contributed by atoms with Crippen LogP contribution in [0.15, 0.2) is 29.2 Å². The van der Waals surface area contributed by atoms with Gasteiger partial charge in [-0.15, -0.1) is 12.4 Å². The van der Waals surface area contributed by atoms with Gasteiger partial charge in [0.05, 0.1) is 4.90 Å². The minimum absolute atomic E-state index is 0. The molecule has 4 N–H and O–H groups in total. The third-order valence-corrected chi connectivity index (χ3v) is 4.07. The van der Waals surface area contributed by atoms with Gasteiger partial charge in [-0.25, -0.2) is 13.6 Å². The van der Waals surface area contributed by atoms with E-state index in [1.807, 2.05) is 0 Å². The zero-order valence-corrected chi connectivity index (χ0v) is 12.7. The van der Waals surface area contributed by atoms with Crippen molar-refractivity contribution in [3.8, 4) is 5.75 Å². The smallest absolute Gasteiger partial charge is 0.238 e. The molecule has 6 nitrogen and oxygen atoms in total. The Morgan fingerprint density at radius 1 is 1.30 bits per heavy atom. The number of likely N-dealkylation sites (tertiary alicyclic amines) is 1. The van der Waals surface area contributed by atoms with Crippen LogP contribution in [0.2, 0.25) is 0 Å². The van der Waals surface area contributed by atoms with Gasteiger partial charge in [0, 0.05) is 19.1 Å². The fraction of sp³-hybridized carbons (Fsp3) is 0.500. The van der Waals surface area contributed by atoms with Crippen molar-refractivity contribution in [2.75, 3.05) is 26.2 Å². The number of halogens is 1. The number of sulfonamides is 1. The normalized spacial score (nSPS) is 19.6. The molecule has 0 aliphatic carbocycles. The molecule has 0 bridgehead atoms. The lowest BCUT2D eigenvalue weighted by Crippen LogP contribution is -2.29. The lowest BCUT2D eigenvalue weighted by Gasteiger charge is -2.15. The second-order valence-corrected chi connectivity index (χ2v) is 6.28. The van der Waals surface area contributed by atoms with Gasteiger partial charge in [-0.05, 0) is 37.2 Å². The van der Waals surface area contributed by atoms with Crippen LogP contribution in [0.1, 0.15) is 6.42 Å². The third-order valence-electron chi connectivity index (χ3n) is 3.14. The van der Waals surface area contributed by atoms with Gasteiger partial charge in [-0.2, -0.15) is 0 Å². The Bertz CT molecular complexity index is 521. The lowest BCUT2D eigenvalue weighted by molar-refractivity contribution is 0.236. The molecule has 1 saturated heterocycles. The average molecular weight is 322 g/mol. The average Bonchev–Trinajstić information content (AvgIpc) is 2.75. The summed E-state index contributed by atoms with van der Waals surface area (Å²) in [6.45, 7) is 3.30. The van der Waals surface area contributed by atoms with Gasteiger partial charge < -0.3 is 10.5 Å². The van der Waals surface area contributed by atoms with Crippen LogP contribution in [0, 0.1) is 0 Å². The largest absolute Gasteiger partial charge is 0.492 e. The molecule has 1 atom stereocenters. The molecule has 8 heteroatoms. The highest BCUT2D eigenvalue weighted by Crippen LogP contribution is 2.15. The number of rotatable bonds is 5. The molecular weight excluding hydrogens is 302 g/mol. The maximum absolute atomic E-state index is 11.1. The zero-order valence-electron chi connectivity index (χ0n) is 11.1. The first-order valence-electron chi connectivity index (χ1n) is 6.19. The molecule has 0 amide bonds. The monoisotopic (exact) mass is 321 g/mol. The Morgan fingerprint density at radius 3 is 2.45 bits per heavy atom. The molecule has 1 aromatic rings. The number of hydrogen-bond acceptors (Lipinski definition) is 5. The van der Waals surface area contributed by atoms with Gasteiger partial charge in [0.15, 0.2) is 0 Å². The highest BCUT2D eigenvalue weighted by Gasteiger charge is 2.18. The van der Waals surface area contributed by atoms with Crippen molar-refractivity contribution in [1.29, 1.82) is 0 Å². The Balaban J connectivity index is 0.00000200. The van der Waals surface area contributed by atoms with Gasteiger partial charge in [0.25, 0.3) is 0 Å². The fourth-order valence-electron chi connectivity index (χ4n) is 2.08. The zero-order chi connectivity index (χ0) is 13.9. The van der Waals surface area contributed by atoms with Crippen molar-refractivity contribution < 1.29 is 13.2 Å². The van der Waals surface area contributed by atoms with E-state index in [1.54, 1.807) is 12.1 Å². The first-order valence-corrected chi connectivity index (χ1v) is 7.73. The molecule has 1 aliphatic rings. The number of ether oxygens (including phenoxy) is 1. The van der Waals surface area contributed by atoms with Crippen LogP contribution in [0.5, 0.6) is 5.75 Å². The maximum Gasteiger partial charge on any atom is 0.238 e. The maximum atomic E-state index is 11.1. The summed E-state index contributed by atoms with van der Waals surface area (Å²) in [5, 5.41) is 5.02. The van der Waals surface area contributed by atoms with Crippen LogP contribution in [-0.4, -0.2) is 45.6 Å². The molecule has 0 spiro atoms. The second kappa shape index (κ2) is 7.24. The van der Waals surface area contributed by atoms with Gasteiger partial charge in [0.2, 0.25) is 10.0 Å². The van der Waals surface area contributed by atoms with E-state index in [9.17, 15) is 8.42 Å². The number of hydrogen-bond donors (Lipinski definition) is 2. The van der Waals surface area contributed by atoms with E-state index in [0.717, 1.165) is 26.1 Å². The van der Waals surface area contributed by atoms with E-state index < -0.39 is 10.0 Å². The van der Waals surface area contributed by atoms with Crippen LogP contribution < -0.4 is 15.6 Å². The minimum Gasteiger partial charge on any atom is -0.492 e. The Labute approximate surface area is 125 Å². The van der Waals surface area contributed by atoms with E-state index in [1.165, 1.54) is 12.1 Å². The van der Waals surface area contributed by atoms with E-state index in [-0.39, 0.29) is 23.3 Å². The van der Waals surface area contributed by atoms with E-state index in [4.69, 9.17) is 15.6 Å². The number of benzene rings is 1. The minimum atomic E-state index is -3.64. The quantitative estimate of drug-likeness (QED) is 0.805. The molecule has 114 valence electrons. The van der Waals surface area contributed by atoms with Crippen LogP contribution >= 0.6 is 12.4 Å². The van der Waals surface area contributed by atoms with Crippen LogP contribution in [0.4, 0.5) is 0 Å². The Morgan fingerprint density at radius 2 is 1.95 bits per heavy atom. The predicted octanol–water partition coefficient (Wildman–Crippen LogP) is 0.168. The third kappa shape index (κ3) is 4.92. The number of nitrogens with zero attached hydrogens (tertiary/aromatic N) is 1. The SMILES string of the molecule is Cl.N[C@@H]1CCN(CCOc2ccc(S(N)(=O)=O)cc2)C1. The van der Waals surface area contributed by atoms with Gasteiger partial charge in [0.1, 0.15) is 12.4 Å². The first-order chi connectivity index (χ1) is 8.95. The van der Waals surface area contributed by atoms with Crippen LogP contribution in [-0.2, 0) is 10.0 Å². The Kier molecular flexibility index (Phi) is 6.22. The first kappa shape index (κ1) is 17.2. The standard InChI is InChI=1S/C12H19N3O3S.ClH/c13-10-5-6-15(9-10)7-8-18-11-1-3-12(4-2-11)19(14,16)17;/h1-4,10H,5-9,13H2,(H2,14,16,17);1H/t10-;/m1./s1. The van der Waals surface area contributed by atoms with Crippen molar-refractivity contribution >= 4 is 22.4 Å². The summed E-state index contributed by atoms with van der Waals surface area (Å²) in [6.07, 6.45) is 1.03. The molecule has 20 heavy (non-hydrogen) atoms. The molecule has 1 fully saturated rings. The van der Waals surface area contributed by atoms with Crippen molar-refractivity contribution in [1.82, 2.24) is 4.90 Å². The lowest BCUT2D eigenvalue weighted by atomic mass is 10.3. The highest BCUT2D eigenvalue weighted by atomic mass is 35.5. The highest BCUT2D eigenvalue weighted by molar-refractivity contribution is 7.89. The molecule has 0 radical (unpaired) electrons. The summed E-state index contributed by atoms with van der Waals surface area (Å²) in [5.74, 6) is 0.635. The summed E-state index contributed by atoms with van der Waals surface area (Å²) in [6, 6.07) is 6.37. The summed E-state index contributed by atoms with van der Waals surface area (Å²) in [7, 11) is -3.64. The molecule has 2 rings (SSSR count). The summed E-state index contributed by atoms with van der Waals surface area (Å²) in [5.41, 5.74) is 5.81. The van der Waals surface area contributed by atoms with Crippen molar-refractivity contribution in [2.45, 2.75) is 17.4 Å². The molecule has 0 saturated carbocycles. The summed E-state index contributed by atoms with van der Waals surface area (Å²) in [4.78, 5) is 2.34. The number of primary sulfonamides is 1. The van der Waals surface area contributed by atoms with Crippen LogP contribution in [0.25, 0.3) is 0 Å². The van der Waals surface area contributed by atoms with Crippen molar-refractivity contribution in [3.63, 3.8) is 0 Å². The second-order valence-electron chi connectivity index (χ2n) is 4.71. The molecule has 1 aliphatic heterocycles. The summed E-state index contributed by atoms with van der Waals surface area (Å²) >= 11 is 0. The van der Waals surface area contributed by atoms with E-state index in [2.05, 4.69) is 4.90 Å². The van der Waals surface area contributed by atoms with Crippen molar-refractivity contribution in [3.05, 3.63) is 24.3 Å². The molecule has 1 aromatic carbocycles. The van der Waals surface area contributed by atoms with Crippen LogP contribution in [0.3, 0.4) is 0 Å². The topological polar surface area (TPSA) is 98.6 Å². The molecular formula is C12H20ClN3O3S. The Hall–Kier alpha value is -0.860. The van der Waals surface area contributed by atoms with E-state index >= 15 is 0 Å². The van der Waals surface area contributed by atoms with Gasteiger partial charge in [-0.1, -0.05) is 0 Å². The molecule has 1 heterocycles. The van der Waals surface area contributed by atoms with Gasteiger partial charge >= 0.3 is 0 Å². The van der Waals surface area contributed by atoms with E-state index in [0.29, 0.717) is 12.4 Å². The van der Waals surface area contributed by atoms with Gasteiger partial charge in [-0.3, -0.25) is 4.90 Å².